The van der Waals surface area contributed by atoms with Gasteiger partial charge in [0.05, 0.1) is 24.9 Å². The summed E-state index contributed by atoms with van der Waals surface area (Å²) in [5, 5.41) is 4.00. The van der Waals surface area contributed by atoms with Gasteiger partial charge in [0.15, 0.2) is 11.5 Å². The highest BCUT2D eigenvalue weighted by molar-refractivity contribution is 9.10. The maximum absolute atomic E-state index is 14.2. The minimum absolute atomic E-state index is 0.295. The average molecular weight is 330 g/mol. The number of nitrogen functional groups attached to an aromatic ring is 1. The number of halogens is 2. The van der Waals surface area contributed by atoms with Gasteiger partial charge in [-0.2, -0.15) is 5.10 Å². The third-order valence-electron chi connectivity index (χ3n) is 2.82. The van der Waals surface area contributed by atoms with Crippen molar-refractivity contribution in [1.82, 2.24) is 9.78 Å². The first-order valence-corrected chi connectivity index (χ1v) is 6.18. The van der Waals surface area contributed by atoms with Crippen LogP contribution in [0.5, 0.6) is 11.5 Å². The quantitative estimate of drug-likeness (QED) is 0.940. The fourth-order valence-electron chi connectivity index (χ4n) is 1.81. The van der Waals surface area contributed by atoms with Gasteiger partial charge in [0.1, 0.15) is 11.6 Å². The van der Waals surface area contributed by atoms with E-state index in [0.29, 0.717) is 32.9 Å². The highest BCUT2D eigenvalue weighted by atomic mass is 79.9. The Morgan fingerprint density at radius 1 is 1.37 bits per heavy atom. The normalized spacial score (nSPS) is 10.6. The molecule has 102 valence electrons. The Bertz CT molecular complexity index is 628. The second-order valence-electron chi connectivity index (χ2n) is 3.85. The van der Waals surface area contributed by atoms with Gasteiger partial charge in [-0.15, -0.1) is 0 Å². The summed E-state index contributed by atoms with van der Waals surface area (Å²) in [6.45, 7) is 0. The number of nitrogens with zero attached hydrogens (tertiary/aromatic N) is 2. The molecule has 19 heavy (non-hydrogen) atoms. The van der Waals surface area contributed by atoms with Crippen LogP contribution in [0.15, 0.2) is 16.7 Å². The second-order valence-corrected chi connectivity index (χ2v) is 4.64. The van der Waals surface area contributed by atoms with Crippen LogP contribution in [-0.4, -0.2) is 24.0 Å². The number of hydrogen-bond acceptors (Lipinski definition) is 4. The number of hydrogen-bond donors (Lipinski definition) is 1. The third-order valence-corrected chi connectivity index (χ3v) is 3.57. The maximum Gasteiger partial charge on any atom is 0.175 e. The van der Waals surface area contributed by atoms with Crippen LogP contribution in [0.4, 0.5) is 10.2 Å². The maximum atomic E-state index is 14.2. The molecule has 0 atom stereocenters. The Balaban J connectivity index is 2.74. The van der Waals surface area contributed by atoms with Crippen LogP contribution < -0.4 is 15.2 Å². The smallest absolute Gasteiger partial charge is 0.175 e. The average Bonchev–Trinajstić information content (AvgIpc) is 2.70. The molecule has 0 bridgehead atoms. The molecule has 7 heteroatoms. The molecule has 1 heterocycles. The molecule has 0 radical (unpaired) electrons. The number of anilines is 1. The first kappa shape index (κ1) is 13.7. The van der Waals surface area contributed by atoms with Crippen LogP contribution >= 0.6 is 15.9 Å². The van der Waals surface area contributed by atoms with Crippen molar-refractivity contribution in [3.8, 4) is 22.6 Å². The lowest BCUT2D eigenvalue weighted by Gasteiger charge is -2.14. The molecule has 2 rings (SSSR count). The number of ether oxygens (including phenoxy) is 2. The SMILES string of the molecule is COc1cc(F)c(-c2cnn(C)c2N)c(Br)c1OC. The van der Waals surface area contributed by atoms with E-state index in [1.165, 1.54) is 31.2 Å². The summed E-state index contributed by atoms with van der Waals surface area (Å²) in [6.07, 6.45) is 1.50. The summed E-state index contributed by atoms with van der Waals surface area (Å²) in [4.78, 5) is 0. The fourth-order valence-corrected chi connectivity index (χ4v) is 2.57. The molecule has 0 saturated carbocycles. The summed E-state index contributed by atoms with van der Waals surface area (Å²) in [6, 6.07) is 1.26. The van der Waals surface area contributed by atoms with E-state index < -0.39 is 5.82 Å². The number of nitrogens with two attached hydrogens (primary N) is 1. The molecule has 0 aliphatic carbocycles. The zero-order valence-corrected chi connectivity index (χ0v) is 12.3. The zero-order chi connectivity index (χ0) is 14.2. The third kappa shape index (κ3) is 2.14. The van der Waals surface area contributed by atoms with Gasteiger partial charge in [-0.05, 0) is 15.9 Å². The molecule has 0 fully saturated rings. The van der Waals surface area contributed by atoms with E-state index in [0.717, 1.165) is 0 Å². The van der Waals surface area contributed by atoms with Crippen molar-refractivity contribution in [3.63, 3.8) is 0 Å². The Morgan fingerprint density at radius 2 is 2.05 bits per heavy atom. The summed E-state index contributed by atoms with van der Waals surface area (Å²) in [7, 11) is 4.62. The van der Waals surface area contributed by atoms with Gasteiger partial charge < -0.3 is 15.2 Å². The van der Waals surface area contributed by atoms with E-state index in [4.69, 9.17) is 15.2 Å². The molecule has 2 N–H and O–H groups in total. The number of benzene rings is 1. The Morgan fingerprint density at radius 3 is 2.53 bits per heavy atom. The number of rotatable bonds is 3. The van der Waals surface area contributed by atoms with E-state index >= 15 is 0 Å². The molecule has 0 amide bonds. The minimum Gasteiger partial charge on any atom is -0.493 e. The molecule has 2 aromatic rings. The van der Waals surface area contributed by atoms with Gasteiger partial charge in [-0.1, -0.05) is 0 Å². The van der Waals surface area contributed by atoms with Gasteiger partial charge in [0, 0.05) is 24.2 Å². The van der Waals surface area contributed by atoms with Crippen molar-refractivity contribution in [2.45, 2.75) is 0 Å². The predicted molar refractivity (Wildman–Crippen MR) is 73.8 cm³/mol. The van der Waals surface area contributed by atoms with E-state index in [1.807, 2.05) is 0 Å². The van der Waals surface area contributed by atoms with Gasteiger partial charge >= 0.3 is 0 Å². The fraction of sp³-hybridized carbons (Fsp3) is 0.250. The second kappa shape index (κ2) is 5.08. The summed E-state index contributed by atoms with van der Waals surface area (Å²) in [5.74, 6) is 0.608. The molecular weight excluding hydrogens is 317 g/mol. The lowest BCUT2D eigenvalue weighted by Crippen LogP contribution is -2.00. The van der Waals surface area contributed by atoms with Crippen molar-refractivity contribution < 1.29 is 13.9 Å². The summed E-state index contributed by atoms with van der Waals surface area (Å²) in [5.41, 5.74) is 6.66. The molecule has 5 nitrogen and oxygen atoms in total. The lowest BCUT2D eigenvalue weighted by atomic mass is 10.1. The number of aryl methyl sites for hydroxylation is 1. The van der Waals surface area contributed by atoms with Crippen molar-refractivity contribution >= 4 is 21.7 Å². The van der Waals surface area contributed by atoms with Gasteiger partial charge in [-0.25, -0.2) is 4.39 Å². The van der Waals surface area contributed by atoms with Crippen LogP contribution in [0, 0.1) is 5.82 Å². The zero-order valence-electron chi connectivity index (χ0n) is 10.7. The van der Waals surface area contributed by atoms with Crippen molar-refractivity contribution in [2.75, 3.05) is 20.0 Å². The number of methoxy groups -OCH3 is 2. The number of aromatic nitrogens is 2. The summed E-state index contributed by atoms with van der Waals surface area (Å²) >= 11 is 3.33. The van der Waals surface area contributed by atoms with Crippen LogP contribution in [0.25, 0.3) is 11.1 Å². The van der Waals surface area contributed by atoms with Crippen LogP contribution in [0.3, 0.4) is 0 Å². The minimum atomic E-state index is -0.468. The molecule has 1 aromatic carbocycles. The van der Waals surface area contributed by atoms with E-state index in [9.17, 15) is 4.39 Å². The summed E-state index contributed by atoms with van der Waals surface area (Å²) < 4.78 is 26.4. The molecule has 0 aliphatic rings. The first-order chi connectivity index (χ1) is 9.01. The van der Waals surface area contributed by atoms with Crippen LogP contribution in [0.1, 0.15) is 0 Å². The molecule has 0 unspecified atom stereocenters. The van der Waals surface area contributed by atoms with Crippen LogP contribution in [-0.2, 0) is 7.05 Å². The van der Waals surface area contributed by atoms with Crippen molar-refractivity contribution in [2.24, 2.45) is 7.05 Å². The Kier molecular flexibility index (Phi) is 3.66. The first-order valence-electron chi connectivity index (χ1n) is 5.39. The molecular formula is C12H13BrFN3O2. The monoisotopic (exact) mass is 329 g/mol. The topological polar surface area (TPSA) is 62.3 Å². The van der Waals surface area contributed by atoms with E-state index in [1.54, 1.807) is 7.05 Å². The van der Waals surface area contributed by atoms with Crippen LogP contribution in [0.2, 0.25) is 0 Å². The Labute approximate surface area is 118 Å². The van der Waals surface area contributed by atoms with Gasteiger partial charge in [0.2, 0.25) is 0 Å². The van der Waals surface area contributed by atoms with Crippen molar-refractivity contribution in [1.29, 1.82) is 0 Å². The van der Waals surface area contributed by atoms with E-state index in [2.05, 4.69) is 21.0 Å². The Hall–Kier alpha value is -1.76. The lowest BCUT2D eigenvalue weighted by molar-refractivity contribution is 0.351. The largest absolute Gasteiger partial charge is 0.493 e. The standard InChI is InChI=1S/C12H13BrFN3O2/c1-17-12(15)6(5-16-17)9-7(14)4-8(18-2)11(19-3)10(9)13/h4-5H,15H2,1-3H3. The highest BCUT2D eigenvalue weighted by Gasteiger charge is 2.22. The molecule has 0 saturated heterocycles. The van der Waals surface area contributed by atoms with E-state index in [-0.39, 0.29) is 0 Å². The highest BCUT2D eigenvalue weighted by Crippen LogP contribution is 2.44. The molecule has 1 aromatic heterocycles. The predicted octanol–water partition coefficient (Wildman–Crippen LogP) is 2.59. The van der Waals surface area contributed by atoms with Gasteiger partial charge in [0.25, 0.3) is 0 Å². The van der Waals surface area contributed by atoms with Gasteiger partial charge in [-0.3, -0.25) is 4.68 Å². The molecule has 0 aliphatic heterocycles. The van der Waals surface area contributed by atoms with Crippen molar-refractivity contribution in [3.05, 3.63) is 22.6 Å². The molecule has 0 spiro atoms.